The molecule has 0 amide bonds. The van der Waals surface area contributed by atoms with Crippen LogP contribution in [0.5, 0.6) is 0 Å². The summed E-state index contributed by atoms with van der Waals surface area (Å²) < 4.78 is 0. The Morgan fingerprint density at radius 2 is 1.00 bits per heavy atom. The fourth-order valence-electron chi connectivity index (χ4n) is 3.72. The summed E-state index contributed by atoms with van der Waals surface area (Å²) in [5.41, 5.74) is 0. The van der Waals surface area contributed by atoms with Crippen LogP contribution in [0.25, 0.3) is 0 Å². The fraction of sp³-hybridized carbons (Fsp3) is 1.00. The standard InChI is InChI=1S/C20H42N2/c1-5-9-11-19(7-3)17-21-13-15-22(16-14-21)18-20(8-4)12-10-6-2/h19-20H,5-18H2,1-4H3. The molecule has 0 aromatic heterocycles. The van der Waals surface area contributed by atoms with Crippen LogP contribution in [0.2, 0.25) is 0 Å². The first kappa shape index (κ1) is 20.0. The van der Waals surface area contributed by atoms with Crippen molar-refractivity contribution in [3.63, 3.8) is 0 Å². The molecule has 0 aromatic carbocycles. The molecule has 0 aromatic rings. The molecule has 2 heteroatoms. The van der Waals surface area contributed by atoms with Crippen molar-refractivity contribution in [2.75, 3.05) is 39.3 Å². The molecule has 0 spiro atoms. The van der Waals surface area contributed by atoms with Crippen molar-refractivity contribution in [3.8, 4) is 0 Å². The van der Waals surface area contributed by atoms with E-state index in [9.17, 15) is 0 Å². The van der Waals surface area contributed by atoms with Gasteiger partial charge in [0.05, 0.1) is 0 Å². The average molecular weight is 311 g/mol. The van der Waals surface area contributed by atoms with Gasteiger partial charge in [-0.3, -0.25) is 0 Å². The first-order chi connectivity index (χ1) is 10.7. The molecule has 0 saturated carbocycles. The lowest BCUT2D eigenvalue weighted by Crippen LogP contribution is -2.48. The van der Waals surface area contributed by atoms with Crippen molar-refractivity contribution in [2.45, 2.75) is 79.1 Å². The van der Waals surface area contributed by atoms with Crippen LogP contribution >= 0.6 is 0 Å². The largest absolute Gasteiger partial charge is 0.301 e. The van der Waals surface area contributed by atoms with E-state index in [0.29, 0.717) is 0 Å². The molecule has 132 valence electrons. The highest BCUT2D eigenvalue weighted by Crippen LogP contribution is 2.18. The summed E-state index contributed by atoms with van der Waals surface area (Å²) in [6, 6.07) is 0. The van der Waals surface area contributed by atoms with E-state index in [-0.39, 0.29) is 0 Å². The van der Waals surface area contributed by atoms with E-state index in [1.807, 2.05) is 0 Å². The lowest BCUT2D eigenvalue weighted by molar-refractivity contribution is 0.100. The number of hydrogen-bond acceptors (Lipinski definition) is 2. The molecule has 1 saturated heterocycles. The topological polar surface area (TPSA) is 6.48 Å². The molecular weight excluding hydrogens is 268 g/mol. The van der Waals surface area contributed by atoms with Gasteiger partial charge in [0.2, 0.25) is 0 Å². The highest BCUT2D eigenvalue weighted by Gasteiger charge is 2.21. The van der Waals surface area contributed by atoms with E-state index in [1.165, 1.54) is 90.6 Å². The smallest absolute Gasteiger partial charge is 0.0110 e. The highest BCUT2D eigenvalue weighted by molar-refractivity contribution is 4.76. The molecule has 1 aliphatic heterocycles. The molecule has 2 atom stereocenters. The molecule has 0 aliphatic carbocycles. The number of hydrogen-bond donors (Lipinski definition) is 0. The normalized spacial score (nSPS) is 20.2. The Bertz CT molecular complexity index is 220. The Morgan fingerprint density at radius 1 is 0.636 bits per heavy atom. The first-order valence-electron chi connectivity index (χ1n) is 10.2. The second-order valence-electron chi connectivity index (χ2n) is 7.43. The van der Waals surface area contributed by atoms with E-state index in [0.717, 1.165) is 11.8 Å². The van der Waals surface area contributed by atoms with Gasteiger partial charge in [-0.15, -0.1) is 0 Å². The van der Waals surface area contributed by atoms with Crippen molar-refractivity contribution in [3.05, 3.63) is 0 Å². The Morgan fingerprint density at radius 3 is 1.27 bits per heavy atom. The SMILES string of the molecule is CCCCC(CC)CN1CCN(CC(CC)CCCC)CC1. The van der Waals surface area contributed by atoms with Crippen LogP contribution < -0.4 is 0 Å². The Hall–Kier alpha value is -0.0800. The molecule has 22 heavy (non-hydrogen) atoms. The van der Waals surface area contributed by atoms with Gasteiger partial charge < -0.3 is 9.80 Å². The molecule has 1 fully saturated rings. The third-order valence-electron chi connectivity index (χ3n) is 5.58. The maximum atomic E-state index is 2.73. The number of unbranched alkanes of at least 4 members (excludes halogenated alkanes) is 2. The molecule has 1 rings (SSSR count). The van der Waals surface area contributed by atoms with Crippen molar-refractivity contribution in [2.24, 2.45) is 11.8 Å². The van der Waals surface area contributed by atoms with Gasteiger partial charge in [0, 0.05) is 39.3 Å². The minimum Gasteiger partial charge on any atom is -0.301 e. The Labute approximate surface area is 140 Å². The number of rotatable bonds is 12. The van der Waals surface area contributed by atoms with Crippen molar-refractivity contribution in [1.29, 1.82) is 0 Å². The summed E-state index contributed by atoms with van der Waals surface area (Å²) in [5.74, 6) is 1.86. The predicted octanol–water partition coefficient (Wildman–Crippen LogP) is 5.04. The lowest BCUT2D eigenvalue weighted by Gasteiger charge is -2.37. The van der Waals surface area contributed by atoms with E-state index < -0.39 is 0 Å². The van der Waals surface area contributed by atoms with Gasteiger partial charge in [-0.1, -0.05) is 66.2 Å². The van der Waals surface area contributed by atoms with Crippen molar-refractivity contribution < 1.29 is 0 Å². The molecule has 2 nitrogen and oxygen atoms in total. The van der Waals surface area contributed by atoms with Crippen LogP contribution in [0.4, 0.5) is 0 Å². The van der Waals surface area contributed by atoms with Gasteiger partial charge in [0.15, 0.2) is 0 Å². The predicted molar refractivity (Wildman–Crippen MR) is 99.5 cm³/mol. The second-order valence-corrected chi connectivity index (χ2v) is 7.43. The summed E-state index contributed by atoms with van der Waals surface area (Å²) in [6.45, 7) is 17.3. The lowest BCUT2D eigenvalue weighted by atomic mass is 9.97. The Balaban J connectivity index is 2.24. The second kappa shape index (κ2) is 12.4. The van der Waals surface area contributed by atoms with Crippen LogP contribution in [0.1, 0.15) is 79.1 Å². The fourth-order valence-corrected chi connectivity index (χ4v) is 3.72. The van der Waals surface area contributed by atoms with Gasteiger partial charge in [-0.2, -0.15) is 0 Å². The summed E-state index contributed by atoms with van der Waals surface area (Å²) in [7, 11) is 0. The van der Waals surface area contributed by atoms with Crippen LogP contribution in [0.3, 0.4) is 0 Å². The Kier molecular flexibility index (Phi) is 11.2. The van der Waals surface area contributed by atoms with E-state index in [1.54, 1.807) is 0 Å². The zero-order valence-corrected chi connectivity index (χ0v) is 15.9. The first-order valence-corrected chi connectivity index (χ1v) is 10.2. The summed E-state index contributed by atoms with van der Waals surface area (Å²) in [6.07, 6.45) is 11.1. The minimum absolute atomic E-state index is 0.930. The van der Waals surface area contributed by atoms with Crippen LogP contribution in [-0.2, 0) is 0 Å². The van der Waals surface area contributed by atoms with Gasteiger partial charge in [-0.05, 0) is 24.7 Å². The van der Waals surface area contributed by atoms with Gasteiger partial charge in [0.25, 0.3) is 0 Å². The molecule has 1 heterocycles. The monoisotopic (exact) mass is 310 g/mol. The van der Waals surface area contributed by atoms with Crippen molar-refractivity contribution >= 4 is 0 Å². The van der Waals surface area contributed by atoms with Crippen LogP contribution in [0, 0.1) is 11.8 Å². The van der Waals surface area contributed by atoms with E-state index >= 15 is 0 Å². The summed E-state index contributed by atoms with van der Waals surface area (Å²) in [5, 5.41) is 0. The zero-order valence-electron chi connectivity index (χ0n) is 15.9. The quantitative estimate of drug-likeness (QED) is 0.498. The summed E-state index contributed by atoms with van der Waals surface area (Å²) in [4.78, 5) is 5.46. The molecule has 0 bridgehead atoms. The molecule has 2 unspecified atom stereocenters. The zero-order chi connectivity index (χ0) is 16.2. The minimum atomic E-state index is 0.930. The maximum Gasteiger partial charge on any atom is 0.0110 e. The third kappa shape index (κ3) is 7.97. The van der Waals surface area contributed by atoms with Gasteiger partial charge in [-0.25, -0.2) is 0 Å². The number of piperazine rings is 1. The van der Waals surface area contributed by atoms with E-state index in [2.05, 4.69) is 37.5 Å². The van der Waals surface area contributed by atoms with Gasteiger partial charge in [0.1, 0.15) is 0 Å². The third-order valence-corrected chi connectivity index (χ3v) is 5.58. The van der Waals surface area contributed by atoms with E-state index in [4.69, 9.17) is 0 Å². The number of nitrogens with zero attached hydrogens (tertiary/aromatic N) is 2. The maximum absolute atomic E-state index is 2.73. The molecule has 1 aliphatic rings. The molecule has 0 N–H and O–H groups in total. The van der Waals surface area contributed by atoms with Crippen molar-refractivity contribution in [1.82, 2.24) is 9.80 Å². The highest BCUT2D eigenvalue weighted by atomic mass is 15.3. The summed E-state index contributed by atoms with van der Waals surface area (Å²) >= 11 is 0. The van der Waals surface area contributed by atoms with Gasteiger partial charge >= 0.3 is 0 Å². The van der Waals surface area contributed by atoms with Crippen LogP contribution in [0.15, 0.2) is 0 Å². The molecule has 0 radical (unpaired) electrons. The average Bonchev–Trinajstić information content (AvgIpc) is 2.56. The molecular formula is C20H42N2. The van der Waals surface area contributed by atoms with Crippen LogP contribution in [-0.4, -0.2) is 49.1 Å².